The number of carbonyl (C=O) groups is 2. The molecular formula is C20H25NO3. The summed E-state index contributed by atoms with van der Waals surface area (Å²) in [5.74, 6) is 1.27. The van der Waals surface area contributed by atoms with Crippen molar-refractivity contribution in [3.05, 3.63) is 29.3 Å². The summed E-state index contributed by atoms with van der Waals surface area (Å²) in [6.45, 7) is 1.59. The Morgan fingerprint density at radius 3 is 2.21 bits per heavy atom. The van der Waals surface area contributed by atoms with Crippen molar-refractivity contribution in [1.82, 2.24) is 4.90 Å². The minimum absolute atomic E-state index is 0.0865. The molecule has 2 saturated carbocycles. The van der Waals surface area contributed by atoms with Gasteiger partial charge in [0.15, 0.2) is 0 Å². The second kappa shape index (κ2) is 6.58. The number of fused-ring (bicyclic) bond motifs is 1. The molecule has 2 aliphatic carbocycles. The fourth-order valence-electron chi connectivity index (χ4n) is 3.74. The van der Waals surface area contributed by atoms with Crippen LogP contribution >= 0.6 is 0 Å². The van der Waals surface area contributed by atoms with Crippen molar-refractivity contribution >= 4 is 11.9 Å². The predicted molar refractivity (Wildman–Crippen MR) is 90.7 cm³/mol. The van der Waals surface area contributed by atoms with Gasteiger partial charge in [0, 0.05) is 19.0 Å². The summed E-state index contributed by atoms with van der Waals surface area (Å²) in [5.41, 5.74) is 2.50. The minimum Gasteiger partial charge on any atom is -0.426 e. The van der Waals surface area contributed by atoms with Crippen LogP contribution in [0.25, 0.3) is 0 Å². The van der Waals surface area contributed by atoms with Crippen LogP contribution < -0.4 is 4.74 Å². The maximum atomic E-state index is 12.5. The van der Waals surface area contributed by atoms with E-state index >= 15 is 0 Å². The average molecular weight is 327 g/mol. The van der Waals surface area contributed by atoms with Gasteiger partial charge in [0.1, 0.15) is 5.75 Å². The van der Waals surface area contributed by atoms with Crippen molar-refractivity contribution in [3.8, 4) is 5.75 Å². The zero-order chi connectivity index (χ0) is 16.5. The zero-order valence-electron chi connectivity index (χ0n) is 14.1. The van der Waals surface area contributed by atoms with Crippen LogP contribution in [0.1, 0.15) is 49.7 Å². The number of hydrogen-bond acceptors (Lipinski definition) is 3. The quantitative estimate of drug-likeness (QED) is 0.633. The molecule has 0 aromatic heterocycles. The van der Waals surface area contributed by atoms with Crippen LogP contribution in [-0.2, 0) is 22.4 Å². The van der Waals surface area contributed by atoms with Gasteiger partial charge in [-0.3, -0.25) is 9.59 Å². The minimum atomic E-state index is -0.0865. The number of benzene rings is 1. The lowest BCUT2D eigenvalue weighted by Gasteiger charge is -2.30. The molecule has 0 atom stereocenters. The molecular weight excluding hydrogens is 302 g/mol. The Hall–Kier alpha value is -1.84. The van der Waals surface area contributed by atoms with Gasteiger partial charge in [-0.2, -0.15) is 0 Å². The molecule has 128 valence electrons. The lowest BCUT2D eigenvalue weighted by atomic mass is 9.84. The summed E-state index contributed by atoms with van der Waals surface area (Å²) in [5, 5.41) is 0. The summed E-state index contributed by atoms with van der Waals surface area (Å²) < 4.78 is 5.54. The third-order valence-electron chi connectivity index (χ3n) is 5.90. The monoisotopic (exact) mass is 327 g/mol. The molecule has 3 aliphatic rings. The molecule has 0 N–H and O–H groups in total. The van der Waals surface area contributed by atoms with Gasteiger partial charge in [0.2, 0.25) is 5.91 Å². The maximum Gasteiger partial charge on any atom is 0.314 e. The van der Waals surface area contributed by atoms with Gasteiger partial charge >= 0.3 is 5.97 Å². The fourth-order valence-corrected chi connectivity index (χ4v) is 3.74. The van der Waals surface area contributed by atoms with Crippen molar-refractivity contribution < 1.29 is 14.3 Å². The third-order valence-corrected chi connectivity index (χ3v) is 5.90. The van der Waals surface area contributed by atoms with Crippen molar-refractivity contribution in [2.45, 2.75) is 51.4 Å². The molecule has 4 rings (SSSR count). The van der Waals surface area contributed by atoms with Crippen molar-refractivity contribution in [2.75, 3.05) is 13.1 Å². The van der Waals surface area contributed by atoms with Crippen LogP contribution in [0.3, 0.4) is 0 Å². The summed E-state index contributed by atoms with van der Waals surface area (Å²) in [4.78, 5) is 26.5. The fraction of sp³-hybridized carbons (Fsp3) is 0.600. The Balaban J connectivity index is 1.41. The largest absolute Gasteiger partial charge is 0.426 e. The van der Waals surface area contributed by atoms with Crippen LogP contribution in [-0.4, -0.2) is 29.9 Å². The number of hydrogen-bond donors (Lipinski definition) is 0. The number of esters is 1. The molecule has 1 aromatic rings. The van der Waals surface area contributed by atoms with Crippen LogP contribution in [0.2, 0.25) is 0 Å². The molecule has 0 radical (unpaired) electrons. The van der Waals surface area contributed by atoms with E-state index < -0.39 is 0 Å². The van der Waals surface area contributed by atoms with Gasteiger partial charge in [-0.25, -0.2) is 0 Å². The highest BCUT2D eigenvalue weighted by Gasteiger charge is 2.30. The summed E-state index contributed by atoms with van der Waals surface area (Å²) in [6, 6.07) is 5.97. The first kappa shape index (κ1) is 15.7. The topological polar surface area (TPSA) is 46.6 Å². The van der Waals surface area contributed by atoms with E-state index in [4.69, 9.17) is 4.74 Å². The highest BCUT2D eigenvalue weighted by molar-refractivity contribution is 5.79. The first-order valence-corrected chi connectivity index (χ1v) is 9.33. The molecule has 24 heavy (non-hydrogen) atoms. The molecule has 1 aliphatic heterocycles. The second-order valence-electron chi connectivity index (χ2n) is 7.43. The van der Waals surface area contributed by atoms with E-state index in [1.807, 2.05) is 17.0 Å². The Labute approximate surface area is 143 Å². The number of nitrogens with zero attached hydrogens (tertiary/aromatic N) is 1. The lowest BCUT2D eigenvalue weighted by molar-refractivity contribution is -0.141. The van der Waals surface area contributed by atoms with Gasteiger partial charge in [-0.15, -0.1) is 0 Å². The van der Waals surface area contributed by atoms with Crippen LogP contribution in [0.4, 0.5) is 0 Å². The number of carbonyl (C=O) groups excluding carboxylic acids is 2. The third kappa shape index (κ3) is 3.06. The van der Waals surface area contributed by atoms with Gasteiger partial charge in [-0.1, -0.05) is 18.9 Å². The van der Waals surface area contributed by atoms with E-state index in [0.29, 0.717) is 11.7 Å². The van der Waals surface area contributed by atoms with E-state index in [1.165, 1.54) is 17.5 Å². The van der Waals surface area contributed by atoms with Gasteiger partial charge in [0.25, 0.3) is 0 Å². The molecule has 0 spiro atoms. The molecule has 2 fully saturated rings. The predicted octanol–water partition coefficient (Wildman–Crippen LogP) is 3.12. The Morgan fingerprint density at radius 2 is 1.58 bits per heavy atom. The average Bonchev–Trinajstić information content (AvgIpc) is 2.65. The van der Waals surface area contributed by atoms with Crippen LogP contribution in [0, 0.1) is 11.8 Å². The molecule has 1 heterocycles. The molecule has 0 unspecified atom stereocenters. The first-order valence-electron chi connectivity index (χ1n) is 9.33. The summed E-state index contributed by atoms with van der Waals surface area (Å²) in [6.07, 6.45) is 8.11. The molecule has 0 bridgehead atoms. The SMILES string of the molecule is O=C(Oc1ccc2c(c1)CCN(C(=O)C1CCC1)CC2)C1CCC1. The van der Waals surface area contributed by atoms with E-state index in [9.17, 15) is 9.59 Å². The molecule has 4 nitrogen and oxygen atoms in total. The summed E-state index contributed by atoms with van der Waals surface area (Å²) in [7, 11) is 0. The first-order chi connectivity index (χ1) is 11.7. The van der Waals surface area contributed by atoms with E-state index in [0.717, 1.165) is 58.0 Å². The number of amides is 1. The smallest absolute Gasteiger partial charge is 0.314 e. The summed E-state index contributed by atoms with van der Waals surface area (Å²) >= 11 is 0. The highest BCUT2D eigenvalue weighted by Crippen LogP contribution is 2.31. The second-order valence-corrected chi connectivity index (χ2v) is 7.43. The number of ether oxygens (including phenoxy) is 1. The van der Waals surface area contributed by atoms with Crippen molar-refractivity contribution in [3.63, 3.8) is 0 Å². The van der Waals surface area contributed by atoms with E-state index in [-0.39, 0.29) is 17.8 Å². The normalized spacial score (nSPS) is 21.2. The molecule has 1 amide bonds. The van der Waals surface area contributed by atoms with Gasteiger partial charge in [0.05, 0.1) is 5.92 Å². The Morgan fingerprint density at radius 1 is 0.917 bits per heavy atom. The maximum absolute atomic E-state index is 12.5. The zero-order valence-corrected chi connectivity index (χ0v) is 14.1. The van der Waals surface area contributed by atoms with Crippen molar-refractivity contribution in [2.24, 2.45) is 11.8 Å². The van der Waals surface area contributed by atoms with Crippen molar-refractivity contribution in [1.29, 1.82) is 0 Å². The molecule has 0 saturated heterocycles. The van der Waals surface area contributed by atoms with Crippen LogP contribution in [0.5, 0.6) is 5.75 Å². The molecule has 4 heteroatoms. The Bertz CT molecular complexity index is 646. The lowest BCUT2D eigenvalue weighted by Crippen LogP contribution is -2.40. The van der Waals surface area contributed by atoms with Gasteiger partial charge in [-0.05, 0) is 61.8 Å². The van der Waals surface area contributed by atoms with Crippen LogP contribution in [0.15, 0.2) is 18.2 Å². The standard InChI is InChI=1S/C20H25NO3/c22-19(15-3-1-4-15)21-11-9-14-7-8-18(13-17(14)10-12-21)24-20(23)16-5-2-6-16/h7-8,13,15-16H,1-6,9-12H2. The Kier molecular flexibility index (Phi) is 4.30. The van der Waals surface area contributed by atoms with E-state index in [1.54, 1.807) is 0 Å². The van der Waals surface area contributed by atoms with Gasteiger partial charge < -0.3 is 9.64 Å². The highest BCUT2D eigenvalue weighted by atomic mass is 16.5. The number of rotatable bonds is 3. The molecule has 1 aromatic carbocycles. The van der Waals surface area contributed by atoms with E-state index in [2.05, 4.69) is 6.07 Å².